The number of hydrogen-bond donors (Lipinski definition) is 0. The minimum Gasteiger partial charge on any atom is -0.462 e. The minimum absolute atomic E-state index is 0.0885. The van der Waals surface area contributed by atoms with Crippen LogP contribution in [0.4, 0.5) is 0 Å². The lowest BCUT2D eigenvalue weighted by atomic mass is 10.0. The smallest absolute Gasteiger partial charge is 0.306 e. The summed E-state index contributed by atoms with van der Waals surface area (Å²) in [6.45, 7) is 6.30. The number of ether oxygens (including phenoxy) is 3. The fourth-order valence-corrected chi connectivity index (χ4v) is 7.93. The van der Waals surface area contributed by atoms with Gasteiger partial charge in [-0.05, 0) is 103 Å². The van der Waals surface area contributed by atoms with Gasteiger partial charge >= 0.3 is 17.9 Å². The van der Waals surface area contributed by atoms with Crippen LogP contribution in [0.15, 0.2) is 109 Å². The summed E-state index contributed by atoms with van der Waals surface area (Å²) < 4.78 is 16.7. The predicted octanol–water partition coefficient (Wildman–Crippen LogP) is 19.9. The van der Waals surface area contributed by atoms with E-state index >= 15 is 0 Å². The molecule has 0 radical (unpaired) electrons. The van der Waals surface area contributed by atoms with Gasteiger partial charge < -0.3 is 14.2 Å². The molecule has 0 saturated carbocycles. The number of rotatable bonds is 52. The van der Waals surface area contributed by atoms with Crippen LogP contribution in [-0.4, -0.2) is 37.2 Å². The lowest BCUT2D eigenvalue weighted by Crippen LogP contribution is -2.30. The van der Waals surface area contributed by atoms with Crippen LogP contribution in [-0.2, 0) is 28.6 Å². The van der Waals surface area contributed by atoms with Crippen LogP contribution in [0, 0.1) is 0 Å². The number of unbranched alkanes of at least 4 members (excludes halogenated alkanes) is 23. The molecule has 0 aromatic carbocycles. The quantitative estimate of drug-likeness (QED) is 0.0261. The largest absolute Gasteiger partial charge is 0.462 e. The molecular weight excluding hydrogens is 877 g/mol. The van der Waals surface area contributed by atoms with Crippen LogP contribution in [0.3, 0.4) is 0 Å². The summed E-state index contributed by atoms with van der Waals surface area (Å²) in [4.78, 5) is 37.7. The molecule has 404 valence electrons. The van der Waals surface area contributed by atoms with E-state index in [1.807, 2.05) is 0 Å². The van der Waals surface area contributed by atoms with Gasteiger partial charge in [0.25, 0.3) is 0 Å². The molecule has 6 nitrogen and oxygen atoms in total. The fraction of sp³-hybridized carbons (Fsp3) is 0.677. The lowest BCUT2D eigenvalue weighted by Gasteiger charge is -2.18. The average molecular weight is 986 g/mol. The second-order valence-electron chi connectivity index (χ2n) is 19.1. The number of allylic oxidation sites excluding steroid dienone is 18. The van der Waals surface area contributed by atoms with Gasteiger partial charge in [-0.15, -0.1) is 0 Å². The van der Waals surface area contributed by atoms with Gasteiger partial charge in [0.2, 0.25) is 0 Å². The Morgan fingerprint density at radius 1 is 0.296 bits per heavy atom. The second kappa shape index (κ2) is 58.6. The maximum absolute atomic E-state index is 12.7. The zero-order chi connectivity index (χ0) is 51.4. The minimum atomic E-state index is -0.787. The molecule has 0 heterocycles. The van der Waals surface area contributed by atoms with E-state index in [0.717, 1.165) is 128 Å². The van der Waals surface area contributed by atoms with Gasteiger partial charge in [0.1, 0.15) is 13.2 Å². The Balaban J connectivity index is 3.94. The second-order valence-corrected chi connectivity index (χ2v) is 19.1. The molecule has 0 aliphatic heterocycles. The van der Waals surface area contributed by atoms with Crippen molar-refractivity contribution in [1.29, 1.82) is 0 Å². The maximum Gasteiger partial charge on any atom is 0.306 e. The van der Waals surface area contributed by atoms with E-state index in [-0.39, 0.29) is 31.1 Å². The zero-order valence-corrected chi connectivity index (χ0v) is 46.2. The Morgan fingerprint density at radius 2 is 0.549 bits per heavy atom. The summed E-state index contributed by atoms with van der Waals surface area (Å²) in [6, 6.07) is 0. The molecule has 0 aromatic rings. The fourth-order valence-electron chi connectivity index (χ4n) is 7.93. The molecule has 6 heteroatoms. The monoisotopic (exact) mass is 985 g/mol. The molecule has 0 spiro atoms. The summed E-state index contributed by atoms with van der Waals surface area (Å²) in [5, 5.41) is 0. The highest BCUT2D eigenvalue weighted by Crippen LogP contribution is 2.16. The third-order valence-electron chi connectivity index (χ3n) is 12.3. The molecule has 0 N–H and O–H groups in total. The molecule has 0 aromatic heterocycles. The molecule has 1 unspecified atom stereocenters. The van der Waals surface area contributed by atoms with Crippen LogP contribution in [0.25, 0.3) is 0 Å². The first-order valence-corrected chi connectivity index (χ1v) is 29.4. The average Bonchev–Trinajstić information content (AvgIpc) is 3.37. The number of carbonyl (C=O) groups excluding carboxylic acids is 3. The standard InChI is InChI=1S/C65H108O6/c1-4-7-10-13-15-17-19-21-22-23-24-25-26-27-28-29-30-31-32-33-34-35-36-37-38-39-40-41-42-44-45-47-49-52-55-58-64(67)70-61-62(60-69-63(66)57-54-51-12-9-6-3)71-65(68)59-56-53-50-48-46-43-20-18-16-14-11-8-5-2/h7-8,10-11,15-18,21-22,24-25,27-28,30-31,43,46,62H,4-6,9,12-14,19-20,23,26,29,32-42,44-45,47-61H2,1-3H3/b10-7-,11-8-,17-15-,18-16-,22-21-,25-24-,28-27-,31-30-,46-43-. The van der Waals surface area contributed by atoms with E-state index in [2.05, 4.69) is 130 Å². The first-order valence-electron chi connectivity index (χ1n) is 29.4. The predicted molar refractivity (Wildman–Crippen MR) is 307 cm³/mol. The van der Waals surface area contributed by atoms with Gasteiger partial charge in [-0.1, -0.05) is 252 Å². The van der Waals surface area contributed by atoms with Gasteiger partial charge in [0.15, 0.2) is 6.10 Å². The lowest BCUT2D eigenvalue weighted by molar-refractivity contribution is -0.167. The van der Waals surface area contributed by atoms with E-state index in [9.17, 15) is 14.4 Å². The Kier molecular flexibility index (Phi) is 55.4. The molecule has 0 bridgehead atoms. The summed E-state index contributed by atoms with van der Waals surface area (Å²) >= 11 is 0. The highest BCUT2D eigenvalue weighted by atomic mass is 16.6. The molecule has 0 fully saturated rings. The highest BCUT2D eigenvalue weighted by molar-refractivity contribution is 5.71. The van der Waals surface area contributed by atoms with Gasteiger partial charge in [-0.3, -0.25) is 14.4 Å². The van der Waals surface area contributed by atoms with Crippen molar-refractivity contribution in [3.05, 3.63) is 109 Å². The topological polar surface area (TPSA) is 78.9 Å². The Morgan fingerprint density at radius 3 is 0.873 bits per heavy atom. The molecule has 0 rings (SSSR count). The first-order chi connectivity index (χ1) is 35.0. The van der Waals surface area contributed by atoms with Crippen LogP contribution >= 0.6 is 0 Å². The van der Waals surface area contributed by atoms with Crippen molar-refractivity contribution in [2.45, 2.75) is 271 Å². The summed E-state index contributed by atoms with van der Waals surface area (Å²) in [7, 11) is 0. The first kappa shape index (κ1) is 67.1. The van der Waals surface area contributed by atoms with Gasteiger partial charge in [0, 0.05) is 19.3 Å². The van der Waals surface area contributed by atoms with Crippen molar-refractivity contribution in [1.82, 2.24) is 0 Å². The third kappa shape index (κ3) is 56.9. The van der Waals surface area contributed by atoms with Crippen molar-refractivity contribution in [3.63, 3.8) is 0 Å². The van der Waals surface area contributed by atoms with Crippen LogP contribution in [0.2, 0.25) is 0 Å². The van der Waals surface area contributed by atoms with Gasteiger partial charge in [-0.25, -0.2) is 0 Å². The van der Waals surface area contributed by atoms with E-state index in [1.165, 1.54) is 96.3 Å². The van der Waals surface area contributed by atoms with Crippen LogP contribution < -0.4 is 0 Å². The molecule has 0 aliphatic carbocycles. The normalized spacial score (nSPS) is 12.9. The summed E-state index contributed by atoms with van der Waals surface area (Å²) in [6.07, 6.45) is 80.1. The van der Waals surface area contributed by atoms with E-state index in [4.69, 9.17) is 14.2 Å². The van der Waals surface area contributed by atoms with Gasteiger partial charge in [0.05, 0.1) is 0 Å². The van der Waals surface area contributed by atoms with Gasteiger partial charge in [-0.2, -0.15) is 0 Å². The number of hydrogen-bond acceptors (Lipinski definition) is 6. The summed E-state index contributed by atoms with van der Waals surface area (Å²) in [5.41, 5.74) is 0. The van der Waals surface area contributed by atoms with E-state index < -0.39 is 6.10 Å². The SMILES string of the molecule is CC/C=C\C/C=C\C/C=C\C/C=C\C/C=C\C/C=C\CCCCCCCCCCCCCCCCCCC(=O)OCC(COC(=O)CCCCCCC)OC(=O)CCCCC/C=C\C/C=C\C/C=C\CC. The number of esters is 3. The Hall–Kier alpha value is -3.93. The molecule has 0 amide bonds. The molecule has 0 aliphatic rings. The molecule has 1 atom stereocenters. The molecule has 71 heavy (non-hydrogen) atoms. The Bertz CT molecular complexity index is 1460. The van der Waals surface area contributed by atoms with Crippen molar-refractivity contribution in [2.24, 2.45) is 0 Å². The van der Waals surface area contributed by atoms with Crippen molar-refractivity contribution >= 4 is 17.9 Å². The van der Waals surface area contributed by atoms with Crippen molar-refractivity contribution in [2.75, 3.05) is 13.2 Å². The summed E-state index contributed by atoms with van der Waals surface area (Å²) in [5.74, 6) is -0.932. The van der Waals surface area contributed by atoms with Crippen LogP contribution in [0.5, 0.6) is 0 Å². The van der Waals surface area contributed by atoms with E-state index in [1.54, 1.807) is 0 Å². The van der Waals surface area contributed by atoms with E-state index in [0.29, 0.717) is 19.3 Å². The van der Waals surface area contributed by atoms with Crippen molar-refractivity contribution < 1.29 is 28.6 Å². The highest BCUT2D eigenvalue weighted by Gasteiger charge is 2.19. The maximum atomic E-state index is 12.7. The number of carbonyl (C=O) groups is 3. The zero-order valence-electron chi connectivity index (χ0n) is 46.2. The molecule has 0 saturated heterocycles. The Labute approximate surface area is 438 Å². The third-order valence-corrected chi connectivity index (χ3v) is 12.3. The van der Waals surface area contributed by atoms with Crippen LogP contribution in [0.1, 0.15) is 265 Å². The molecular formula is C65H108O6. The van der Waals surface area contributed by atoms with Crippen molar-refractivity contribution in [3.8, 4) is 0 Å².